The molecule has 1 saturated carbocycles. The van der Waals surface area contributed by atoms with E-state index in [-0.39, 0.29) is 0 Å². The molecule has 2 rings (SSSR count). The normalized spacial score (nSPS) is 20.7. The van der Waals surface area contributed by atoms with E-state index in [0.29, 0.717) is 11.5 Å². The van der Waals surface area contributed by atoms with E-state index in [1.807, 2.05) is 11.3 Å². The molecule has 1 unspecified atom stereocenters. The summed E-state index contributed by atoms with van der Waals surface area (Å²) in [6.45, 7) is 4.54. The van der Waals surface area contributed by atoms with Crippen molar-refractivity contribution in [1.29, 1.82) is 0 Å². The van der Waals surface area contributed by atoms with E-state index < -0.39 is 0 Å². The van der Waals surface area contributed by atoms with Gasteiger partial charge in [-0.2, -0.15) is 0 Å². The molecule has 1 atom stereocenters. The van der Waals surface area contributed by atoms with Gasteiger partial charge in [0.1, 0.15) is 0 Å². The predicted octanol–water partition coefficient (Wildman–Crippen LogP) is 5.05. The van der Waals surface area contributed by atoms with E-state index in [4.69, 9.17) is 0 Å². The molecule has 1 aromatic heterocycles. The summed E-state index contributed by atoms with van der Waals surface area (Å²) in [6, 6.07) is 2.89. The molecule has 0 bridgehead atoms. The van der Waals surface area contributed by atoms with Crippen molar-refractivity contribution in [3.63, 3.8) is 0 Å². The highest BCUT2D eigenvalue weighted by Gasteiger charge is 2.40. The van der Waals surface area contributed by atoms with Crippen molar-refractivity contribution in [3.05, 3.63) is 20.3 Å². The summed E-state index contributed by atoms with van der Waals surface area (Å²) < 4.78 is 1.29. The van der Waals surface area contributed by atoms with Crippen LogP contribution in [0.25, 0.3) is 0 Å². The Labute approximate surface area is 117 Å². The number of nitrogens with one attached hydrogen (secondary N) is 1. The smallest absolute Gasteiger partial charge is 0.0731 e. The molecule has 0 saturated heterocycles. The summed E-state index contributed by atoms with van der Waals surface area (Å²) in [5.74, 6) is 0. The van der Waals surface area contributed by atoms with Crippen LogP contribution in [0.4, 0.5) is 0 Å². The van der Waals surface area contributed by atoms with Gasteiger partial charge in [-0.25, -0.2) is 0 Å². The van der Waals surface area contributed by atoms with Gasteiger partial charge in [-0.05, 0) is 66.2 Å². The summed E-state index contributed by atoms with van der Waals surface area (Å²) in [4.78, 5) is 1.50. The van der Waals surface area contributed by atoms with Crippen LogP contribution >= 0.6 is 27.3 Å². The van der Waals surface area contributed by atoms with Crippen LogP contribution in [-0.2, 0) is 0 Å². The monoisotopic (exact) mass is 315 g/mol. The molecule has 0 aliphatic heterocycles. The first-order valence-electron chi connectivity index (χ1n) is 6.56. The number of hydrogen-bond donors (Lipinski definition) is 1. The molecule has 0 radical (unpaired) electrons. The Morgan fingerprint density at radius 2 is 2.12 bits per heavy atom. The maximum atomic E-state index is 3.65. The third-order valence-electron chi connectivity index (χ3n) is 4.37. The molecular weight excluding hydrogens is 294 g/mol. The van der Waals surface area contributed by atoms with Crippen LogP contribution in [0.15, 0.2) is 9.85 Å². The van der Waals surface area contributed by atoms with Gasteiger partial charge < -0.3 is 5.32 Å². The fourth-order valence-corrected chi connectivity index (χ4v) is 5.12. The van der Waals surface area contributed by atoms with E-state index in [2.05, 4.69) is 48.2 Å². The minimum absolute atomic E-state index is 0.492. The summed E-state index contributed by atoms with van der Waals surface area (Å²) in [7, 11) is 2.11. The molecule has 1 aromatic rings. The van der Waals surface area contributed by atoms with E-state index in [0.717, 1.165) is 0 Å². The van der Waals surface area contributed by atoms with Gasteiger partial charge in [0.05, 0.1) is 3.79 Å². The zero-order chi connectivity index (χ0) is 12.5. The van der Waals surface area contributed by atoms with Crippen molar-refractivity contribution in [1.82, 2.24) is 5.32 Å². The Morgan fingerprint density at radius 1 is 1.47 bits per heavy atom. The lowest BCUT2D eigenvalue weighted by molar-refractivity contribution is 0.198. The molecule has 17 heavy (non-hydrogen) atoms. The molecule has 1 N–H and O–H groups in total. The lowest BCUT2D eigenvalue weighted by Crippen LogP contribution is -2.33. The molecule has 1 aliphatic rings. The lowest BCUT2D eigenvalue weighted by Gasteiger charge is -2.36. The molecule has 1 heterocycles. The Hall–Kier alpha value is 0.140. The van der Waals surface area contributed by atoms with E-state index >= 15 is 0 Å². The van der Waals surface area contributed by atoms with E-state index in [9.17, 15) is 0 Å². The first kappa shape index (κ1) is 13.6. The quantitative estimate of drug-likeness (QED) is 0.819. The van der Waals surface area contributed by atoms with Crippen LogP contribution in [-0.4, -0.2) is 7.05 Å². The Balaban J connectivity index is 2.31. The minimum Gasteiger partial charge on any atom is -0.312 e. The van der Waals surface area contributed by atoms with Gasteiger partial charge in [-0.15, -0.1) is 11.3 Å². The molecule has 1 fully saturated rings. The minimum atomic E-state index is 0.492. The zero-order valence-electron chi connectivity index (χ0n) is 11.0. The fourth-order valence-electron chi connectivity index (χ4n) is 3.30. The van der Waals surface area contributed by atoms with E-state index in [1.54, 1.807) is 0 Å². The van der Waals surface area contributed by atoms with Crippen LogP contribution in [0, 0.1) is 12.3 Å². The summed E-state index contributed by atoms with van der Waals surface area (Å²) in [5.41, 5.74) is 1.86. The standard InChI is InChI=1S/C14H22BrNS/c1-4-14(7-5-6-8-14)12(16-3)11-9-10(2)13(15)17-11/h9,12,16H,4-8H2,1-3H3. The SMILES string of the molecule is CCC1(C(NC)c2cc(C)c(Br)s2)CCCC1. The average Bonchev–Trinajstić information content (AvgIpc) is 2.90. The Bertz CT molecular complexity index is 360. The van der Waals surface area contributed by atoms with Crippen molar-refractivity contribution < 1.29 is 0 Å². The molecule has 0 amide bonds. The molecule has 0 spiro atoms. The molecule has 3 heteroatoms. The van der Waals surface area contributed by atoms with Gasteiger partial charge in [0.15, 0.2) is 0 Å². The van der Waals surface area contributed by atoms with Crippen molar-refractivity contribution >= 4 is 27.3 Å². The van der Waals surface area contributed by atoms with Gasteiger partial charge in [-0.1, -0.05) is 19.8 Å². The van der Waals surface area contributed by atoms with Gasteiger partial charge in [0.2, 0.25) is 0 Å². The third kappa shape index (κ3) is 2.47. The third-order valence-corrected chi connectivity index (χ3v) is 6.57. The lowest BCUT2D eigenvalue weighted by atomic mass is 9.75. The van der Waals surface area contributed by atoms with Gasteiger partial charge in [0.25, 0.3) is 0 Å². The van der Waals surface area contributed by atoms with Crippen LogP contribution in [0.1, 0.15) is 55.5 Å². The molecule has 1 nitrogen and oxygen atoms in total. The van der Waals surface area contributed by atoms with Gasteiger partial charge in [-0.3, -0.25) is 0 Å². The Morgan fingerprint density at radius 3 is 2.53 bits per heavy atom. The zero-order valence-corrected chi connectivity index (χ0v) is 13.4. The summed E-state index contributed by atoms with van der Waals surface area (Å²) in [5, 5.41) is 3.58. The highest BCUT2D eigenvalue weighted by molar-refractivity contribution is 9.11. The van der Waals surface area contributed by atoms with E-state index in [1.165, 1.54) is 46.3 Å². The molecule has 0 aromatic carbocycles. The predicted molar refractivity (Wildman–Crippen MR) is 79.7 cm³/mol. The van der Waals surface area contributed by atoms with Crippen LogP contribution in [0.5, 0.6) is 0 Å². The van der Waals surface area contributed by atoms with Crippen molar-refractivity contribution in [2.45, 2.75) is 52.0 Å². The second-order valence-electron chi connectivity index (χ2n) is 5.25. The number of hydrogen-bond acceptors (Lipinski definition) is 2. The maximum absolute atomic E-state index is 3.65. The second-order valence-corrected chi connectivity index (χ2v) is 7.65. The highest BCUT2D eigenvalue weighted by Crippen LogP contribution is 2.51. The summed E-state index contributed by atoms with van der Waals surface area (Å²) >= 11 is 5.55. The first-order valence-corrected chi connectivity index (χ1v) is 8.17. The van der Waals surface area contributed by atoms with Crippen LogP contribution in [0.3, 0.4) is 0 Å². The highest BCUT2D eigenvalue weighted by atomic mass is 79.9. The number of rotatable bonds is 4. The molecule has 96 valence electrons. The average molecular weight is 316 g/mol. The first-order chi connectivity index (χ1) is 8.13. The molecular formula is C14H22BrNS. The fraction of sp³-hybridized carbons (Fsp3) is 0.714. The van der Waals surface area contributed by atoms with Gasteiger partial charge >= 0.3 is 0 Å². The van der Waals surface area contributed by atoms with Gasteiger partial charge in [0, 0.05) is 10.9 Å². The Kier molecular flexibility index (Phi) is 4.32. The molecule has 1 aliphatic carbocycles. The second kappa shape index (κ2) is 5.41. The van der Waals surface area contributed by atoms with Crippen molar-refractivity contribution in [3.8, 4) is 0 Å². The van der Waals surface area contributed by atoms with Crippen molar-refractivity contribution in [2.24, 2.45) is 5.41 Å². The summed E-state index contributed by atoms with van der Waals surface area (Å²) in [6.07, 6.45) is 6.84. The number of aryl methyl sites for hydroxylation is 1. The maximum Gasteiger partial charge on any atom is 0.0731 e. The number of thiophene rings is 1. The largest absolute Gasteiger partial charge is 0.312 e. The van der Waals surface area contributed by atoms with Crippen LogP contribution < -0.4 is 5.32 Å². The van der Waals surface area contributed by atoms with Crippen molar-refractivity contribution in [2.75, 3.05) is 7.05 Å². The van der Waals surface area contributed by atoms with Crippen LogP contribution in [0.2, 0.25) is 0 Å². The number of halogens is 1. The topological polar surface area (TPSA) is 12.0 Å².